The van der Waals surface area contributed by atoms with E-state index < -0.39 is 34.8 Å². The number of carbonyl (C=O) groups excluding carboxylic acids is 2. The van der Waals surface area contributed by atoms with Gasteiger partial charge in [0.25, 0.3) is 0 Å². The normalized spacial score (nSPS) is 20.1. The Balaban J connectivity index is 0.000000173. The van der Waals surface area contributed by atoms with Crippen LogP contribution in [-0.4, -0.2) is 50.5 Å². The summed E-state index contributed by atoms with van der Waals surface area (Å²) in [5.41, 5.74) is -1.48. The SMILES string of the molecule is CC1CC2OC2/C=C\C=C\C(=O)Cc2c(Cl)c(O)cc(O)c2C(=O)O1.O=c1oc2ccccc2c(O)c1Cc1c(O)c2ccccc2oc1=O. The third-order valence-electron chi connectivity index (χ3n) is 8.17. The van der Waals surface area contributed by atoms with Crippen molar-refractivity contribution < 1.29 is 48.3 Å². The van der Waals surface area contributed by atoms with Crippen LogP contribution in [0.15, 0.2) is 97.3 Å². The number of phenolic OH excluding ortho intramolecular Hbond substituents is 2. The predicted molar refractivity (Wildman–Crippen MR) is 181 cm³/mol. The summed E-state index contributed by atoms with van der Waals surface area (Å²) in [5, 5.41) is 41.2. The smallest absolute Gasteiger partial charge is 0.343 e. The van der Waals surface area contributed by atoms with Crippen molar-refractivity contribution in [2.45, 2.75) is 44.5 Å². The zero-order chi connectivity index (χ0) is 35.7. The van der Waals surface area contributed by atoms with Gasteiger partial charge in [-0.2, -0.15) is 0 Å². The van der Waals surface area contributed by atoms with Crippen LogP contribution in [0, 0.1) is 0 Å². The van der Waals surface area contributed by atoms with Crippen molar-refractivity contribution in [2.24, 2.45) is 0 Å². The van der Waals surface area contributed by atoms with E-state index in [2.05, 4.69) is 0 Å². The second-order valence-corrected chi connectivity index (χ2v) is 12.0. The molecule has 0 amide bonds. The number of epoxide rings is 1. The Morgan fingerprint density at radius 1 is 0.800 bits per heavy atom. The molecule has 12 nitrogen and oxygen atoms in total. The molecule has 0 bridgehead atoms. The molecule has 4 heterocycles. The van der Waals surface area contributed by atoms with Crippen molar-refractivity contribution in [1.82, 2.24) is 0 Å². The Hall–Kier alpha value is -5.85. The number of hydrogen-bond acceptors (Lipinski definition) is 12. The van der Waals surface area contributed by atoms with E-state index in [-0.39, 0.29) is 80.8 Å². The Kier molecular flexibility index (Phi) is 9.49. The van der Waals surface area contributed by atoms with Crippen molar-refractivity contribution in [2.75, 3.05) is 0 Å². The fourth-order valence-electron chi connectivity index (χ4n) is 5.61. The molecule has 7 rings (SSSR count). The van der Waals surface area contributed by atoms with Crippen LogP contribution in [-0.2, 0) is 27.1 Å². The van der Waals surface area contributed by atoms with Crippen LogP contribution in [0.3, 0.4) is 0 Å². The maximum Gasteiger partial charge on any atom is 0.343 e. The van der Waals surface area contributed by atoms with E-state index in [1.54, 1.807) is 67.6 Å². The minimum atomic E-state index is -0.802. The molecule has 0 spiro atoms. The van der Waals surface area contributed by atoms with E-state index in [1.807, 2.05) is 6.08 Å². The number of cyclic esters (lactones) is 1. The number of hydrogen-bond donors (Lipinski definition) is 4. The van der Waals surface area contributed by atoms with Gasteiger partial charge in [0.05, 0.1) is 33.0 Å². The molecule has 2 aliphatic rings. The molecule has 13 heteroatoms. The first kappa shape index (κ1) is 34.0. The molecule has 1 fully saturated rings. The summed E-state index contributed by atoms with van der Waals surface area (Å²) < 4.78 is 21.2. The van der Waals surface area contributed by atoms with Crippen LogP contribution in [0.25, 0.3) is 21.9 Å². The van der Waals surface area contributed by atoms with Crippen molar-refractivity contribution in [3.05, 3.63) is 127 Å². The number of rotatable bonds is 2. The zero-order valence-corrected chi connectivity index (χ0v) is 27.0. The van der Waals surface area contributed by atoms with Gasteiger partial charge in [0, 0.05) is 30.9 Å². The average Bonchev–Trinajstić information content (AvgIpc) is 3.81. The predicted octanol–water partition coefficient (Wildman–Crippen LogP) is 5.59. The lowest BCUT2D eigenvalue weighted by molar-refractivity contribution is -0.114. The first-order valence-corrected chi connectivity index (χ1v) is 15.8. The molecule has 50 heavy (non-hydrogen) atoms. The Morgan fingerprint density at radius 2 is 1.38 bits per heavy atom. The number of para-hydroxylation sites is 2. The highest BCUT2D eigenvalue weighted by Gasteiger charge is 2.38. The molecule has 3 atom stereocenters. The fraction of sp³-hybridized carbons (Fsp3) is 0.189. The lowest BCUT2D eigenvalue weighted by Crippen LogP contribution is -2.19. The topological polar surface area (TPSA) is 197 Å². The first-order valence-electron chi connectivity index (χ1n) is 15.4. The number of phenols is 2. The molecule has 1 saturated heterocycles. The molecule has 4 N–H and O–H groups in total. The van der Waals surface area contributed by atoms with Crippen LogP contribution < -0.4 is 11.3 Å². The van der Waals surface area contributed by atoms with Crippen LogP contribution in [0.2, 0.25) is 5.02 Å². The molecular formula is C37H29ClO12. The number of aromatic hydroxyl groups is 4. The van der Waals surface area contributed by atoms with Gasteiger partial charge in [-0.1, -0.05) is 54.1 Å². The van der Waals surface area contributed by atoms with Gasteiger partial charge in [-0.3, -0.25) is 4.79 Å². The van der Waals surface area contributed by atoms with E-state index in [9.17, 15) is 39.6 Å². The van der Waals surface area contributed by atoms with Gasteiger partial charge in [-0.05, 0) is 37.3 Å². The Bertz CT molecular complexity index is 2240. The molecule has 3 unspecified atom stereocenters. The standard InChI is InChI=1S/C19H12O6.C18H17ClO6/c20-16-10-5-1-3-7-14(10)24-18(22)12(16)9-13-17(21)11-6-2-4-8-15(11)25-19(13)23;1-9-6-15-14(25-15)5-3-2-4-10(20)7-11-16(18(23)24-9)12(21)8-13(22)17(11)19/h1-8,20-21H,9H2;2-5,8-9,14-15,21-22H,6-7H2,1H3/b;4-2+,5-3-. The molecule has 0 aliphatic carbocycles. The summed E-state index contributed by atoms with van der Waals surface area (Å²) >= 11 is 6.05. The van der Waals surface area contributed by atoms with Gasteiger partial charge in [-0.15, -0.1) is 0 Å². The largest absolute Gasteiger partial charge is 0.507 e. The van der Waals surface area contributed by atoms with Crippen LogP contribution in [0.4, 0.5) is 0 Å². The van der Waals surface area contributed by atoms with Crippen molar-refractivity contribution >= 4 is 45.3 Å². The number of ketones is 1. The minimum absolute atomic E-state index is 0.0348. The van der Waals surface area contributed by atoms with Crippen molar-refractivity contribution in [3.63, 3.8) is 0 Å². The first-order chi connectivity index (χ1) is 23.9. The number of carbonyl (C=O) groups is 2. The summed E-state index contributed by atoms with van der Waals surface area (Å²) in [5.74, 6) is -2.60. The molecule has 2 aliphatic heterocycles. The summed E-state index contributed by atoms with van der Waals surface area (Å²) in [7, 11) is 0. The summed E-state index contributed by atoms with van der Waals surface area (Å²) in [6.07, 6.45) is 5.82. The average molecular weight is 701 g/mol. The van der Waals surface area contributed by atoms with Crippen molar-refractivity contribution in [3.8, 4) is 23.0 Å². The Labute approximate surface area is 287 Å². The van der Waals surface area contributed by atoms with E-state index in [0.717, 1.165) is 6.07 Å². The molecule has 0 saturated carbocycles. The van der Waals surface area contributed by atoms with Crippen LogP contribution >= 0.6 is 11.6 Å². The summed E-state index contributed by atoms with van der Waals surface area (Å²) in [6, 6.07) is 14.0. The number of fused-ring (bicyclic) bond motifs is 4. The molecule has 0 radical (unpaired) electrons. The van der Waals surface area contributed by atoms with Crippen LogP contribution in [0.5, 0.6) is 23.0 Å². The number of ether oxygens (including phenoxy) is 2. The van der Waals surface area contributed by atoms with E-state index >= 15 is 0 Å². The molecule has 3 aromatic carbocycles. The van der Waals surface area contributed by atoms with Crippen molar-refractivity contribution in [1.29, 1.82) is 0 Å². The third-order valence-corrected chi connectivity index (χ3v) is 8.59. The monoisotopic (exact) mass is 700 g/mol. The maximum atomic E-state index is 12.5. The van der Waals surface area contributed by atoms with Gasteiger partial charge in [0.1, 0.15) is 51.9 Å². The molecular weight excluding hydrogens is 672 g/mol. The molecule has 2 aromatic heterocycles. The Morgan fingerprint density at radius 3 is 1.98 bits per heavy atom. The lowest BCUT2D eigenvalue weighted by Gasteiger charge is -2.16. The minimum Gasteiger partial charge on any atom is -0.507 e. The second kappa shape index (κ2) is 13.9. The highest BCUT2D eigenvalue weighted by Crippen LogP contribution is 2.38. The quantitative estimate of drug-likeness (QED) is 0.101. The van der Waals surface area contributed by atoms with Gasteiger partial charge in [0.2, 0.25) is 0 Å². The van der Waals surface area contributed by atoms with E-state index in [1.165, 1.54) is 6.08 Å². The summed E-state index contributed by atoms with van der Waals surface area (Å²) in [4.78, 5) is 49.0. The molecule has 256 valence electrons. The van der Waals surface area contributed by atoms with Gasteiger partial charge >= 0.3 is 17.2 Å². The lowest BCUT2D eigenvalue weighted by atomic mass is 10.00. The number of halogens is 1. The number of esters is 1. The third kappa shape index (κ3) is 6.98. The fourth-order valence-corrected chi connectivity index (χ4v) is 5.83. The zero-order valence-electron chi connectivity index (χ0n) is 26.3. The second-order valence-electron chi connectivity index (χ2n) is 11.7. The van der Waals surface area contributed by atoms with Gasteiger partial charge < -0.3 is 38.7 Å². The molecule has 5 aromatic rings. The number of allylic oxidation sites excluding steroid dienone is 3. The highest BCUT2D eigenvalue weighted by atomic mass is 35.5. The summed E-state index contributed by atoms with van der Waals surface area (Å²) in [6.45, 7) is 1.72. The van der Waals surface area contributed by atoms with Crippen LogP contribution in [0.1, 0.15) is 40.4 Å². The maximum absolute atomic E-state index is 12.5. The van der Waals surface area contributed by atoms with Gasteiger partial charge in [-0.25, -0.2) is 14.4 Å². The van der Waals surface area contributed by atoms with E-state index in [4.69, 9.17) is 29.9 Å². The van der Waals surface area contributed by atoms with Gasteiger partial charge in [0.15, 0.2) is 5.78 Å². The number of benzene rings is 3. The highest BCUT2D eigenvalue weighted by molar-refractivity contribution is 6.33. The van der Waals surface area contributed by atoms with E-state index in [0.29, 0.717) is 17.2 Å².